The van der Waals surface area contributed by atoms with Crippen molar-refractivity contribution in [2.75, 3.05) is 4.90 Å². The third-order valence-electron chi connectivity index (χ3n) is 8.98. The molecule has 1 nitrogen and oxygen atoms in total. The van der Waals surface area contributed by atoms with E-state index in [1.54, 1.807) is 0 Å². The van der Waals surface area contributed by atoms with Crippen molar-refractivity contribution in [2.24, 2.45) is 0 Å². The lowest BCUT2D eigenvalue weighted by atomic mass is 9.95. The van der Waals surface area contributed by atoms with Crippen molar-refractivity contribution in [1.82, 2.24) is 0 Å². The minimum atomic E-state index is -0.399. The average molecular weight is 635 g/mol. The number of nitrogens with zero attached hydrogens (tertiary/aromatic N) is 1. The van der Waals surface area contributed by atoms with Crippen molar-refractivity contribution in [3.05, 3.63) is 188 Å². The van der Waals surface area contributed by atoms with Gasteiger partial charge in [-0.05, 0) is 87.3 Å². The van der Waals surface area contributed by atoms with Gasteiger partial charge in [0.25, 0.3) is 0 Å². The van der Waals surface area contributed by atoms with Gasteiger partial charge in [0.05, 0.1) is 12.5 Å². The number of hydrogen-bond donors (Lipinski definition) is 0. The number of anilines is 3. The first kappa shape index (κ1) is 23.4. The van der Waals surface area contributed by atoms with Gasteiger partial charge >= 0.3 is 0 Å². The second-order valence-electron chi connectivity index (χ2n) is 11.8. The first-order valence-corrected chi connectivity index (χ1v) is 16.8. The Hall–Kier alpha value is -5.96. The van der Waals surface area contributed by atoms with Gasteiger partial charge in [-0.3, -0.25) is 0 Å². The van der Waals surface area contributed by atoms with Gasteiger partial charge in [0.2, 0.25) is 0 Å². The fourth-order valence-electron chi connectivity index (χ4n) is 6.66. The largest absolute Gasteiger partial charge is 0.310 e. The number of hydrogen-bond acceptors (Lipinski definition) is 2. The topological polar surface area (TPSA) is 3.24 Å². The lowest BCUT2D eigenvalue weighted by Gasteiger charge is -2.28. The molecule has 0 aliphatic rings. The molecule has 0 amide bonds. The molecule has 0 unspecified atom stereocenters. The molecule has 9 aromatic rings. The van der Waals surface area contributed by atoms with Crippen LogP contribution in [0.4, 0.5) is 17.1 Å². The predicted molar refractivity (Wildman–Crippen MR) is 208 cm³/mol. The molecule has 1 aromatic heterocycles. The molecule has 0 fully saturated rings. The summed E-state index contributed by atoms with van der Waals surface area (Å²) >= 11 is 1.82. The van der Waals surface area contributed by atoms with Crippen LogP contribution in [0, 0.1) is 0 Å². The molecule has 0 N–H and O–H groups in total. The van der Waals surface area contributed by atoms with E-state index in [2.05, 4.69) is 120 Å². The number of fused-ring (bicyclic) bond motifs is 4. The average Bonchev–Trinajstić information content (AvgIpc) is 3.59. The summed E-state index contributed by atoms with van der Waals surface area (Å²) in [4.78, 5) is 2.22. The quantitative estimate of drug-likeness (QED) is 0.176. The predicted octanol–water partition coefficient (Wildman–Crippen LogP) is 13.7. The molecule has 0 saturated heterocycles. The summed E-state index contributed by atoms with van der Waals surface area (Å²) < 4.78 is 44.1. The summed E-state index contributed by atoms with van der Waals surface area (Å²) in [5, 5.41) is 4.75. The smallest absolute Gasteiger partial charge is 0.0629 e. The lowest BCUT2D eigenvalue weighted by Crippen LogP contribution is -2.10. The second kappa shape index (κ2) is 12.0. The van der Waals surface area contributed by atoms with Gasteiger partial charge in [0.1, 0.15) is 0 Å². The SMILES string of the molecule is [2H]c1c([2H])c([2H])c(-c2ccc(N(c3ccc(-c4ccccc4)cc3)c3ccc(-c4ccc5sc6ccccc6c5c4)c4ccccc34)cc2)c([2H])c1[2H]. The Kier molecular flexibility index (Phi) is 5.84. The van der Waals surface area contributed by atoms with E-state index in [-0.39, 0.29) is 29.7 Å². The molecule has 226 valence electrons. The van der Waals surface area contributed by atoms with Gasteiger partial charge < -0.3 is 4.90 Å². The van der Waals surface area contributed by atoms with Crippen LogP contribution in [0.2, 0.25) is 0 Å². The maximum absolute atomic E-state index is 8.54. The van der Waals surface area contributed by atoms with Crippen molar-refractivity contribution in [3.8, 4) is 33.4 Å². The van der Waals surface area contributed by atoms with Crippen molar-refractivity contribution < 1.29 is 6.85 Å². The second-order valence-corrected chi connectivity index (χ2v) is 12.9. The normalized spacial score (nSPS) is 12.8. The van der Waals surface area contributed by atoms with E-state index in [4.69, 9.17) is 6.85 Å². The summed E-state index contributed by atoms with van der Waals surface area (Å²) in [6.45, 7) is 0. The van der Waals surface area contributed by atoms with Crippen LogP contribution in [0.1, 0.15) is 6.85 Å². The van der Waals surface area contributed by atoms with Gasteiger partial charge in [-0.25, -0.2) is 0 Å². The van der Waals surface area contributed by atoms with Gasteiger partial charge in [-0.15, -0.1) is 11.3 Å². The highest BCUT2D eigenvalue weighted by molar-refractivity contribution is 7.25. The number of benzene rings is 8. The van der Waals surface area contributed by atoms with E-state index in [0.29, 0.717) is 5.56 Å². The van der Waals surface area contributed by atoms with Crippen LogP contribution in [0.15, 0.2) is 188 Å². The van der Waals surface area contributed by atoms with Crippen LogP contribution in [-0.4, -0.2) is 0 Å². The van der Waals surface area contributed by atoms with Crippen LogP contribution in [0.3, 0.4) is 0 Å². The van der Waals surface area contributed by atoms with Gasteiger partial charge in [0, 0.05) is 36.9 Å². The van der Waals surface area contributed by atoms with Crippen LogP contribution in [-0.2, 0) is 0 Å². The molecule has 0 saturated carbocycles. The van der Waals surface area contributed by atoms with Crippen molar-refractivity contribution >= 4 is 59.3 Å². The Bertz CT molecular complexity index is 2800. The summed E-state index contributed by atoms with van der Waals surface area (Å²) in [5.74, 6) is 0. The van der Waals surface area contributed by atoms with E-state index in [1.807, 2.05) is 53.8 Å². The zero-order chi connectivity index (χ0) is 36.2. The van der Waals surface area contributed by atoms with Crippen molar-refractivity contribution in [1.29, 1.82) is 0 Å². The van der Waals surface area contributed by atoms with Crippen LogP contribution in [0.5, 0.6) is 0 Å². The molecular weight excluding hydrogens is 599 g/mol. The van der Waals surface area contributed by atoms with E-state index >= 15 is 0 Å². The summed E-state index contributed by atoms with van der Waals surface area (Å²) in [7, 11) is 0. The lowest BCUT2D eigenvalue weighted by molar-refractivity contribution is 1.30. The summed E-state index contributed by atoms with van der Waals surface area (Å²) in [5.41, 5.74) is 8.13. The third-order valence-corrected chi connectivity index (χ3v) is 10.1. The molecule has 0 bridgehead atoms. The molecular formula is C46H31NS. The Balaban J connectivity index is 1.20. The summed E-state index contributed by atoms with van der Waals surface area (Å²) in [6.07, 6.45) is 0. The zero-order valence-electron chi connectivity index (χ0n) is 30.9. The standard InChI is InChI=1S/C46H31NS/c1-3-11-32(12-4-1)34-19-24-37(25-20-34)47(38-26-21-35(22-27-38)33-13-5-2-6-14-33)44-29-28-39(40-15-7-8-16-41(40)44)36-23-30-46-43(31-36)42-17-9-10-18-45(42)48-46/h1-31H/i1D,3D,4D,11D,12D. The fourth-order valence-corrected chi connectivity index (χ4v) is 7.74. The Morgan fingerprint density at radius 2 is 0.958 bits per heavy atom. The van der Waals surface area contributed by atoms with Gasteiger partial charge in [-0.1, -0.05) is 139 Å². The highest BCUT2D eigenvalue weighted by Crippen LogP contribution is 2.44. The highest BCUT2D eigenvalue weighted by Gasteiger charge is 2.18. The molecule has 2 heteroatoms. The molecule has 0 atom stereocenters. The molecule has 0 aliphatic heterocycles. The highest BCUT2D eigenvalue weighted by atomic mass is 32.1. The van der Waals surface area contributed by atoms with E-state index in [0.717, 1.165) is 50.1 Å². The van der Waals surface area contributed by atoms with Crippen LogP contribution < -0.4 is 4.90 Å². The summed E-state index contributed by atoms with van der Waals surface area (Å²) in [6, 6.07) is 53.1. The van der Waals surface area contributed by atoms with Crippen LogP contribution in [0.25, 0.3) is 64.3 Å². The maximum Gasteiger partial charge on any atom is 0.0629 e. The minimum Gasteiger partial charge on any atom is -0.310 e. The Labute approximate surface area is 291 Å². The van der Waals surface area contributed by atoms with E-state index in [1.165, 1.54) is 20.2 Å². The van der Waals surface area contributed by atoms with Crippen LogP contribution >= 0.6 is 11.3 Å². The molecule has 0 aliphatic carbocycles. The Morgan fingerprint density at radius 1 is 0.396 bits per heavy atom. The molecule has 9 rings (SSSR count). The van der Waals surface area contributed by atoms with Gasteiger partial charge in [-0.2, -0.15) is 0 Å². The Morgan fingerprint density at radius 3 is 1.69 bits per heavy atom. The maximum atomic E-state index is 8.54. The zero-order valence-corrected chi connectivity index (χ0v) is 26.7. The van der Waals surface area contributed by atoms with Crippen molar-refractivity contribution in [3.63, 3.8) is 0 Å². The van der Waals surface area contributed by atoms with Gasteiger partial charge in [0.15, 0.2) is 0 Å². The monoisotopic (exact) mass is 634 g/mol. The molecule has 8 aromatic carbocycles. The molecule has 1 heterocycles. The first-order valence-electron chi connectivity index (χ1n) is 18.4. The third kappa shape index (κ3) is 5.04. The fraction of sp³-hybridized carbons (Fsp3) is 0. The number of rotatable bonds is 6. The molecule has 48 heavy (non-hydrogen) atoms. The number of thiophene rings is 1. The van der Waals surface area contributed by atoms with E-state index in [9.17, 15) is 0 Å². The molecule has 0 spiro atoms. The van der Waals surface area contributed by atoms with Crippen molar-refractivity contribution in [2.45, 2.75) is 0 Å². The minimum absolute atomic E-state index is 0.187. The van der Waals surface area contributed by atoms with E-state index < -0.39 is 6.04 Å². The first-order chi connectivity index (χ1) is 25.9. The molecule has 0 radical (unpaired) electrons.